The fourth-order valence-corrected chi connectivity index (χ4v) is 3.48. The van der Waals surface area contributed by atoms with Crippen LogP contribution in [-0.4, -0.2) is 29.6 Å². The lowest BCUT2D eigenvalue weighted by atomic mass is 9.74. The molecule has 24 heavy (non-hydrogen) atoms. The summed E-state index contributed by atoms with van der Waals surface area (Å²) in [5, 5.41) is 10.5. The molecule has 0 saturated heterocycles. The predicted octanol–water partition coefficient (Wildman–Crippen LogP) is 3.50. The van der Waals surface area contributed by atoms with Crippen LogP contribution in [0.5, 0.6) is 0 Å². The van der Waals surface area contributed by atoms with Gasteiger partial charge >= 0.3 is 5.97 Å². The first-order chi connectivity index (χ1) is 11.3. The van der Waals surface area contributed by atoms with E-state index in [0.29, 0.717) is 25.9 Å². The monoisotopic (exact) mass is 332 g/mol. The smallest absolute Gasteiger partial charge is 0.305 e. The topological polar surface area (TPSA) is 63.6 Å². The highest BCUT2D eigenvalue weighted by Crippen LogP contribution is 2.38. The second-order valence-corrected chi connectivity index (χ2v) is 6.93. The summed E-state index contributed by atoms with van der Waals surface area (Å²) in [4.78, 5) is 23.9. The molecule has 1 N–H and O–H groups in total. The van der Waals surface area contributed by atoms with Crippen molar-refractivity contribution in [1.29, 1.82) is 0 Å². The number of carbonyl (C=O) groups is 2. The summed E-state index contributed by atoms with van der Waals surface area (Å²) in [6.07, 6.45) is 0.700. The molecule has 2 rings (SSSR count). The van der Waals surface area contributed by atoms with E-state index in [2.05, 4.69) is 12.1 Å². The molecule has 0 radical (unpaired) electrons. The molecule has 0 fully saturated rings. The van der Waals surface area contributed by atoms with Crippen molar-refractivity contribution in [3.8, 4) is 0 Å². The number of aliphatic hydroxyl groups is 1. The summed E-state index contributed by atoms with van der Waals surface area (Å²) in [6.45, 7) is 7.89. The summed E-state index contributed by atoms with van der Waals surface area (Å²) >= 11 is 0. The van der Waals surface area contributed by atoms with Gasteiger partial charge in [-0.15, -0.1) is 0 Å². The molecule has 0 aromatic heterocycles. The molecular weight excluding hydrogens is 304 g/mol. The zero-order valence-electron chi connectivity index (χ0n) is 15.0. The van der Waals surface area contributed by atoms with Gasteiger partial charge in [-0.1, -0.05) is 44.5 Å². The maximum Gasteiger partial charge on any atom is 0.305 e. The number of carbonyl (C=O) groups excluding carboxylic acids is 2. The van der Waals surface area contributed by atoms with E-state index >= 15 is 0 Å². The Morgan fingerprint density at radius 1 is 1.25 bits per heavy atom. The van der Waals surface area contributed by atoms with Gasteiger partial charge in [-0.25, -0.2) is 0 Å². The van der Waals surface area contributed by atoms with E-state index in [-0.39, 0.29) is 29.5 Å². The Morgan fingerprint density at radius 2 is 1.96 bits per heavy atom. The Kier molecular flexibility index (Phi) is 6.16. The van der Waals surface area contributed by atoms with Crippen LogP contribution in [0.25, 0.3) is 0 Å². The van der Waals surface area contributed by atoms with E-state index in [1.54, 1.807) is 13.8 Å². The Labute approximate surface area is 144 Å². The van der Waals surface area contributed by atoms with Crippen molar-refractivity contribution in [2.45, 2.75) is 64.9 Å². The molecule has 0 bridgehead atoms. The summed E-state index contributed by atoms with van der Waals surface area (Å²) in [5.41, 5.74) is 3.33. The summed E-state index contributed by atoms with van der Waals surface area (Å²) in [5.74, 6) is -0.590. The van der Waals surface area contributed by atoms with Crippen molar-refractivity contribution >= 4 is 11.8 Å². The van der Waals surface area contributed by atoms with Crippen LogP contribution in [0.2, 0.25) is 0 Å². The summed E-state index contributed by atoms with van der Waals surface area (Å²) in [7, 11) is 0. The lowest BCUT2D eigenvalue weighted by molar-refractivity contribution is -0.143. The number of hydrogen-bond donors (Lipinski definition) is 1. The van der Waals surface area contributed by atoms with E-state index in [4.69, 9.17) is 4.74 Å². The third kappa shape index (κ3) is 4.04. The lowest BCUT2D eigenvalue weighted by Gasteiger charge is -2.32. The van der Waals surface area contributed by atoms with E-state index in [9.17, 15) is 14.7 Å². The molecule has 1 aliphatic carbocycles. The Balaban J connectivity index is 2.32. The first-order valence-electron chi connectivity index (χ1n) is 8.82. The van der Waals surface area contributed by atoms with Gasteiger partial charge in [0.2, 0.25) is 0 Å². The number of Topliss-reactive ketones (excluding diaryl/α,β-unsaturated/α-hetero) is 1. The van der Waals surface area contributed by atoms with Crippen LogP contribution in [0.4, 0.5) is 0 Å². The molecule has 4 atom stereocenters. The number of ketones is 1. The molecule has 0 heterocycles. The Hall–Kier alpha value is -1.68. The molecule has 1 unspecified atom stereocenters. The second kappa shape index (κ2) is 7.93. The molecule has 4 heteroatoms. The first-order valence-corrected chi connectivity index (χ1v) is 8.82. The predicted molar refractivity (Wildman–Crippen MR) is 93.0 cm³/mol. The Morgan fingerprint density at radius 3 is 2.62 bits per heavy atom. The van der Waals surface area contributed by atoms with Gasteiger partial charge in [0.25, 0.3) is 0 Å². The first kappa shape index (κ1) is 18.7. The number of hydrogen-bond acceptors (Lipinski definition) is 4. The minimum Gasteiger partial charge on any atom is -0.466 e. The van der Waals surface area contributed by atoms with Gasteiger partial charge in [0.1, 0.15) is 5.78 Å². The highest BCUT2D eigenvalue weighted by atomic mass is 16.5. The average molecular weight is 332 g/mol. The molecule has 1 aromatic carbocycles. The third-order valence-electron chi connectivity index (χ3n) is 5.17. The van der Waals surface area contributed by atoms with Gasteiger partial charge < -0.3 is 9.84 Å². The molecule has 0 saturated carbocycles. The summed E-state index contributed by atoms with van der Waals surface area (Å²) < 4.78 is 5.22. The van der Waals surface area contributed by atoms with E-state index < -0.39 is 6.10 Å². The molecule has 0 spiro atoms. The molecule has 1 aliphatic rings. The molecule has 0 amide bonds. The molecule has 1 aromatic rings. The Bertz CT molecular complexity index is 608. The quantitative estimate of drug-likeness (QED) is 0.857. The van der Waals surface area contributed by atoms with Crippen molar-refractivity contribution in [3.63, 3.8) is 0 Å². The fourth-order valence-electron chi connectivity index (χ4n) is 3.48. The fraction of sp³-hybridized carbons (Fsp3) is 0.600. The average Bonchev–Trinajstić information content (AvgIpc) is 2.57. The van der Waals surface area contributed by atoms with Crippen LogP contribution in [0, 0.1) is 12.8 Å². The van der Waals surface area contributed by atoms with Crippen LogP contribution in [0.3, 0.4) is 0 Å². The van der Waals surface area contributed by atoms with Gasteiger partial charge in [0.05, 0.1) is 12.7 Å². The number of rotatable bonds is 4. The van der Waals surface area contributed by atoms with Gasteiger partial charge in [-0.05, 0) is 30.4 Å². The normalized spacial score (nSPS) is 27.1. The minimum absolute atomic E-state index is 0.0226. The zero-order valence-corrected chi connectivity index (χ0v) is 15.0. The SMILES string of the molecule is CCC(=O)OCCC1CC(=O)[C@@H](C)[C@H](O)[C@@H](C)c2ccc(C)cc21. The maximum absolute atomic E-state index is 12.5. The summed E-state index contributed by atoms with van der Waals surface area (Å²) in [6, 6.07) is 6.21. The van der Waals surface area contributed by atoms with Gasteiger partial charge in [-0.3, -0.25) is 9.59 Å². The van der Waals surface area contributed by atoms with Crippen LogP contribution >= 0.6 is 0 Å². The van der Waals surface area contributed by atoms with Gasteiger partial charge in [0, 0.05) is 24.7 Å². The number of ether oxygens (including phenoxy) is 1. The van der Waals surface area contributed by atoms with Crippen LogP contribution < -0.4 is 0 Å². The molecule has 4 nitrogen and oxygen atoms in total. The number of esters is 1. The molecular formula is C20H28O4. The zero-order chi connectivity index (χ0) is 17.9. The van der Waals surface area contributed by atoms with Crippen molar-refractivity contribution in [2.75, 3.05) is 6.61 Å². The number of aryl methyl sites for hydroxylation is 1. The van der Waals surface area contributed by atoms with Crippen LogP contribution in [0.15, 0.2) is 18.2 Å². The standard InChI is InChI=1S/C20H28O4/c1-5-19(22)24-9-8-15-11-18(21)14(4)20(23)13(3)16-7-6-12(2)10-17(15)16/h6-7,10,13-15,20,23H,5,8-9,11H2,1-4H3/t13-,14+,15?,20+/m0/s1. The molecule has 132 valence electrons. The van der Waals surface area contributed by atoms with E-state index in [0.717, 1.165) is 16.7 Å². The van der Waals surface area contributed by atoms with Crippen LogP contribution in [-0.2, 0) is 14.3 Å². The second-order valence-electron chi connectivity index (χ2n) is 6.93. The maximum atomic E-state index is 12.5. The van der Waals surface area contributed by atoms with Gasteiger partial charge in [0.15, 0.2) is 0 Å². The van der Waals surface area contributed by atoms with E-state index in [1.807, 2.05) is 19.9 Å². The highest BCUT2D eigenvalue weighted by molar-refractivity contribution is 5.82. The van der Waals surface area contributed by atoms with Crippen molar-refractivity contribution < 1.29 is 19.4 Å². The van der Waals surface area contributed by atoms with Gasteiger partial charge in [-0.2, -0.15) is 0 Å². The van der Waals surface area contributed by atoms with Crippen LogP contribution in [0.1, 0.15) is 68.6 Å². The molecule has 0 aliphatic heterocycles. The number of fused-ring (bicyclic) bond motifs is 1. The van der Waals surface area contributed by atoms with Crippen molar-refractivity contribution in [3.05, 3.63) is 34.9 Å². The highest BCUT2D eigenvalue weighted by Gasteiger charge is 2.34. The third-order valence-corrected chi connectivity index (χ3v) is 5.17. The minimum atomic E-state index is -0.669. The number of benzene rings is 1. The van der Waals surface area contributed by atoms with Crippen molar-refractivity contribution in [2.24, 2.45) is 5.92 Å². The van der Waals surface area contributed by atoms with Crippen molar-refractivity contribution in [1.82, 2.24) is 0 Å². The lowest BCUT2D eigenvalue weighted by Crippen LogP contribution is -2.34. The largest absolute Gasteiger partial charge is 0.466 e. The van der Waals surface area contributed by atoms with E-state index in [1.165, 1.54) is 0 Å². The number of aliphatic hydroxyl groups excluding tert-OH is 1.